The summed E-state index contributed by atoms with van der Waals surface area (Å²) >= 11 is 0. The number of amides is 2. The molecule has 1 fully saturated rings. The van der Waals surface area contributed by atoms with E-state index in [2.05, 4.69) is 19.2 Å². The van der Waals surface area contributed by atoms with Crippen molar-refractivity contribution in [3.63, 3.8) is 0 Å². The van der Waals surface area contributed by atoms with Crippen LogP contribution in [0.25, 0.3) is 0 Å². The minimum Gasteiger partial charge on any atom is -0.326 e. The average molecular weight is 364 g/mol. The zero-order valence-electron chi connectivity index (χ0n) is 15.9. The third-order valence-corrected chi connectivity index (χ3v) is 4.93. The third-order valence-electron chi connectivity index (χ3n) is 4.93. The highest BCUT2D eigenvalue weighted by atomic mass is 16.2. The highest BCUT2D eigenvalue weighted by Crippen LogP contribution is 2.27. The van der Waals surface area contributed by atoms with Crippen molar-refractivity contribution in [1.82, 2.24) is 0 Å². The van der Waals surface area contributed by atoms with Crippen LogP contribution in [0.4, 0.5) is 11.4 Å². The molecule has 1 N–H and O–H groups in total. The molecule has 2 amide bonds. The van der Waals surface area contributed by atoms with Gasteiger partial charge in [0, 0.05) is 29.9 Å². The first-order valence-corrected chi connectivity index (χ1v) is 9.17. The maximum absolute atomic E-state index is 12.5. The van der Waals surface area contributed by atoms with Crippen LogP contribution >= 0.6 is 0 Å². The van der Waals surface area contributed by atoms with Crippen LogP contribution in [0.2, 0.25) is 0 Å². The molecular formula is C22H24N2O3. The second kappa shape index (κ2) is 7.74. The molecule has 27 heavy (non-hydrogen) atoms. The Morgan fingerprint density at radius 2 is 1.67 bits per heavy atom. The maximum Gasteiger partial charge on any atom is 0.229 e. The third kappa shape index (κ3) is 4.25. The lowest BCUT2D eigenvalue weighted by Crippen LogP contribution is -2.28. The van der Waals surface area contributed by atoms with Gasteiger partial charge < -0.3 is 10.2 Å². The van der Waals surface area contributed by atoms with Crippen molar-refractivity contribution < 1.29 is 14.4 Å². The maximum atomic E-state index is 12.5. The number of anilines is 2. The summed E-state index contributed by atoms with van der Waals surface area (Å²) in [6.07, 6.45) is 0.198. The molecule has 5 heteroatoms. The van der Waals surface area contributed by atoms with Crippen LogP contribution in [0, 0.1) is 5.92 Å². The van der Waals surface area contributed by atoms with Crippen molar-refractivity contribution in [2.75, 3.05) is 16.8 Å². The molecule has 2 aromatic carbocycles. The Morgan fingerprint density at radius 3 is 2.22 bits per heavy atom. The zero-order chi connectivity index (χ0) is 19.6. The van der Waals surface area contributed by atoms with E-state index >= 15 is 0 Å². The average Bonchev–Trinajstić information content (AvgIpc) is 3.04. The second-order valence-corrected chi connectivity index (χ2v) is 7.27. The van der Waals surface area contributed by atoms with Crippen LogP contribution in [0.15, 0.2) is 48.5 Å². The fourth-order valence-electron chi connectivity index (χ4n) is 3.20. The SMILES string of the molecule is CC(=O)c1ccc(NC(=O)[C@H]2CC(=O)N(c3ccc(C(C)C)cc3)C2)cc1. The highest BCUT2D eigenvalue weighted by Gasteiger charge is 2.35. The summed E-state index contributed by atoms with van der Waals surface area (Å²) in [6.45, 7) is 6.12. The Bertz CT molecular complexity index is 854. The standard InChI is InChI=1S/C22H24N2O3/c1-14(2)16-6-10-20(11-7-16)24-13-18(12-21(24)26)22(27)23-19-8-4-17(5-9-19)15(3)25/h4-11,14,18H,12-13H2,1-3H3,(H,23,27)/t18-/m0/s1. The van der Waals surface area contributed by atoms with E-state index in [1.165, 1.54) is 12.5 Å². The summed E-state index contributed by atoms with van der Waals surface area (Å²) in [4.78, 5) is 37.9. The number of hydrogen-bond acceptors (Lipinski definition) is 3. The second-order valence-electron chi connectivity index (χ2n) is 7.27. The molecule has 1 atom stereocenters. The molecule has 1 aliphatic heterocycles. The van der Waals surface area contributed by atoms with Crippen LogP contribution in [0.1, 0.15) is 49.0 Å². The van der Waals surface area contributed by atoms with Gasteiger partial charge in [0.05, 0.1) is 5.92 Å². The summed E-state index contributed by atoms with van der Waals surface area (Å²) in [5, 5.41) is 2.84. The molecule has 0 unspecified atom stereocenters. The summed E-state index contributed by atoms with van der Waals surface area (Å²) in [5.41, 5.74) is 3.26. The van der Waals surface area contributed by atoms with Gasteiger partial charge in [-0.15, -0.1) is 0 Å². The lowest BCUT2D eigenvalue weighted by Gasteiger charge is -2.18. The largest absolute Gasteiger partial charge is 0.326 e. The van der Waals surface area contributed by atoms with E-state index in [0.717, 1.165) is 5.69 Å². The topological polar surface area (TPSA) is 66.5 Å². The Morgan fingerprint density at radius 1 is 1.04 bits per heavy atom. The van der Waals surface area contributed by atoms with Gasteiger partial charge in [0.1, 0.15) is 0 Å². The van der Waals surface area contributed by atoms with E-state index in [4.69, 9.17) is 0 Å². The van der Waals surface area contributed by atoms with E-state index in [9.17, 15) is 14.4 Å². The Balaban J connectivity index is 1.65. The molecule has 0 aromatic heterocycles. The molecule has 0 spiro atoms. The molecule has 1 saturated heterocycles. The minimum atomic E-state index is -0.394. The van der Waals surface area contributed by atoms with Gasteiger partial charge in [-0.2, -0.15) is 0 Å². The van der Waals surface area contributed by atoms with E-state index in [1.54, 1.807) is 29.2 Å². The number of carbonyl (C=O) groups is 3. The first-order valence-electron chi connectivity index (χ1n) is 9.17. The Kier molecular flexibility index (Phi) is 5.40. The van der Waals surface area contributed by atoms with Crippen molar-refractivity contribution in [1.29, 1.82) is 0 Å². The molecule has 1 heterocycles. The van der Waals surface area contributed by atoms with E-state index in [-0.39, 0.29) is 24.0 Å². The highest BCUT2D eigenvalue weighted by molar-refractivity contribution is 6.03. The van der Waals surface area contributed by atoms with Crippen molar-refractivity contribution in [3.8, 4) is 0 Å². The molecular weight excluding hydrogens is 340 g/mol. The zero-order valence-corrected chi connectivity index (χ0v) is 15.9. The molecule has 5 nitrogen and oxygen atoms in total. The van der Waals surface area contributed by atoms with Gasteiger partial charge in [-0.3, -0.25) is 14.4 Å². The Labute approximate surface area is 159 Å². The van der Waals surface area contributed by atoms with Crippen LogP contribution in [-0.2, 0) is 9.59 Å². The number of rotatable bonds is 5. The molecule has 0 saturated carbocycles. The van der Waals surface area contributed by atoms with Crippen molar-refractivity contribution in [2.45, 2.75) is 33.1 Å². The number of Topliss-reactive ketones (excluding diaryl/α,β-unsaturated/α-hetero) is 1. The van der Waals surface area contributed by atoms with Gasteiger partial charge in [0.2, 0.25) is 11.8 Å². The molecule has 0 aliphatic carbocycles. The molecule has 0 bridgehead atoms. The van der Waals surface area contributed by atoms with E-state index < -0.39 is 5.92 Å². The van der Waals surface area contributed by atoms with Crippen molar-refractivity contribution in [2.24, 2.45) is 5.92 Å². The molecule has 140 valence electrons. The fraction of sp³-hybridized carbons (Fsp3) is 0.318. The smallest absolute Gasteiger partial charge is 0.229 e. The number of ketones is 1. The summed E-state index contributed by atoms with van der Waals surface area (Å²) in [5.74, 6) is -0.205. The van der Waals surface area contributed by atoms with Gasteiger partial charge in [-0.25, -0.2) is 0 Å². The van der Waals surface area contributed by atoms with E-state index in [1.807, 2.05) is 24.3 Å². The number of benzene rings is 2. The fourth-order valence-corrected chi connectivity index (χ4v) is 3.20. The first-order chi connectivity index (χ1) is 12.8. The van der Waals surface area contributed by atoms with Gasteiger partial charge in [0.15, 0.2) is 5.78 Å². The molecule has 2 aromatic rings. The van der Waals surface area contributed by atoms with Crippen LogP contribution in [0.5, 0.6) is 0 Å². The summed E-state index contributed by atoms with van der Waals surface area (Å²) < 4.78 is 0. The van der Waals surface area contributed by atoms with Crippen molar-refractivity contribution in [3.05, 3.63) is 59.7 Å². The van der Waals surface area contributed by atoms with Gasteiger partial charge in [0.25, 0.3) is 0 Å². The number of carbonyl (C=O) groups excluding carboxylic acids is 3. The van der Waals surface area contributed by atoms with Crippen LogP contribution in [-0.4, -0.2) is 24.1 Å². The summed E-state index contributed by atoms with van der Waals surface area (Å²) in [7, 11) is 0. The number of hydrogen-bond donors (Lipinski definition) is 1. The normalized spacial score (nSPS) is 16.7. The number of nitrogens with one attached hydrogen (secondary N) is 1. The quantitative estimate of drug-likeness (QED) is 0.816. The van der Waals surface area contributed by atoms with Gasteiger partial charge in [-0.05, 0) is 54.8 Å². The Hall–Kier alpha value is -2.95. The van der Waals surface area contributed by atoms with Gasteiger partial charge in [-0.1, -0.05) is 26.0 Å². The predicted octanol–water partition coefficient (Wildman–Crippen LogP) is 4.00. The van der Waals surface area contributed by atoms with Crippen LogP contribution in [0.3, 0.4) is 0 Å². The number of nitrogens with zero attached hydrogens (tertiary/aromatic N) is 1. The monoisotopic (exact) mass is 364 g/mol. The predicted molar refractivity (Wildman–Crippen MR) is 106 cm³/mol. The van der Waals surface area contributed by atoms with Gasteiger partial charge >= 0.3 is 0 Å². The van der Waals surface area contributed by atoms with Crippen molar-refractivity contribution >= 4 is 29.0 Å². The lowest BCUT2D eigenvalue weighted by molar-refractivity contribution is -0.122. The van der Waals surface area contributed by atoms with E-state index in [0.29, 0.717) is 23.7 Å². The van der Waals surface area contributed by atoms with Crippen LogP contribution < -0.4 is 10.2 Å². The first kappa shape index (κ1) is 18.8. The molecule has 3 rings (SSSR count). The minimum absolute atomic E-state index is 0.0200. The molecule has 0 radical (unpaired) electrons. The summed E-state index contributed by atoms with van der Waals surface area (Å²) in [6, 6.07) is 14.7. The lowest BCUT2D eigenvalue weighted by atomic mass is 10.0. The molecule has 1 aliphatic rings.